The summed E-state index contributed by atoms with van der Waals surface area (Å²) < 4.78 is 12.0. The van der Waals surface area contributed by atoms with Crippen molar-refractivity contribution in [2.45, 2.75) is 83.5 Å². The van der Waals surface area contributed by atoms with Gasteiger partial charge >= 0.3 is 0 Å². The number of nitrogens with one attached hydrogen (secondary N) is 1. The van der Waals surface area contributed by atoms with Gasteiger partial charge in [-0.3, -0.25) is 4.79 Å². The first-order chi connectivity index (χ1) is 12.7. The lowest BCUT2D eigenvalue weighted by Gasteiger charge is -2.39. The lowest BCUT2D eigenvalue weighted by molar-refractivity contribution is -0.176. The maximum Gasteiger partial charge on any atom is 0.286 e. The molecule has 0 aromatic rings. The molecule has 3 aliphatic rings. The largest absolute Gasteiger partial charge is 0.459 e. The molecule has 2 saturated carbocycles. The van der Waals surface area contributed by atoms with Gasteiger partial charge in [0.1, 0.15) is 0 Å². The van der Waals surface area contributed by atoms with Crippen LogP contribution in [0.2, 0.25) is 0 Å². The molecule has 2 aliphatic carbocycles. The maximum absolute atomic E-state index is 12.8. The third kappa shape index (κ3) is 4.80. The minimum atomic E-state index is -0.383. The van der Waals surface area contributed by atoms with Gasteiger partial charge in [-0.15, -0.1) is 0 Å². The van der Waals surface area contributed by atoms with Crippen LogP contribution in [0, 0.1) is 17.8 Å². The van der Waals surface area contributed by atoms with E-state index in [2.05, 4.69) is 11.4 Å². The predicted octanol–water partition coefficient (Wildman–Crippen LogP) is 3.52. The Hall–Kier alpha value is -1.07. The zero-order chi connectivity index (χ0) is 18.4. The Labute approximate surface area is 157 Å². The van der Waals surface area contributed by atoms with Crippen LogP contribution in [-0.4, -0.2) is 36.6 Å². The van der Waals surface area contributed by atoms with Gasteiger partial charge in [0, 0.05) is 25.2 Å². The molecule has 0 bridgehead atoms. The molecule has 0 spiro atoms. The number of amides is 1. The highest BCUT2D eigenvalue weighted by Crippen LogP contribution is 2.43. The lowest BCUT2D eigenvalue weighted by Crippen LogP contribution is -2.43. The average Bonchev–Trinajstić information content (AvgIpc) is 3.34. The van der Waals surface area contributed by atoms with Gasteiger partial charge in [0.2, 0.25) is 6.29 Å². The van der Waals surface area contributed by atoms with E-state index in [1.165, 1.54) is 38.5 Å². The quantitative estimate of drug-likeness (QED) is 0.691. The van der Waals surface area contributed by atoms with Crippen LogP contribution in [-0.2, 0) is 14.3 Å². The molecule has 3 atom stereocenters. The Balaban J connectivity index is 1.77. The molecule has 5 heteroatoms. The fourth-order valence-electron chi connectivity index (χ4n) is 4.99. The highest BCUT2D eigenvalue weighted by molar-refractivity contribution is 5.91. The fraction of sp³-hybridized carbons (Fsp3) is 0.857. The summed E-state index contributed by atoms with van der Waals surface area (Å²) in [6, 6.07) is 0.287. The van der Waals surface area contributed by atoms with Crippen LogP contribution in [0.5, 0.6) is 0 Å². The molecule has 5 nitrogen and oxygen atoms in total. The van der Waals surface area contributed by atoms with Gasteiger partial charge in [0.25, 0.3) is 5.91 Å². The van der Waals surface area contributed by atoms with E-state index in [1.54, 1.807) is 0 Å². The number of aliphatic hydroxyl groups is 1. The van der Waals surface area contributed by atoms with Gasteiger partial charge in [0.15, 0.2) is 5.76 Å². The number of ether oxygens (including phenoxy) is 2. The third-order valence-electron chi connectivity index (χ3n) is 6.32. The van der Waals surface area contributed by atoms with Crippen LogP contribution in [0.1, 0.15) is 71.1 Å². The van der Waals surface area contributed by atoms with Crippen molar-refractivity contribution in [3.63, 3.8) is 0 Å². The molecule has 2 N–H and O–H groups in total. The van der Waals surface area contributed by atoms with Crippen LogP contribution >= 0.6 is 0 Å². The molecule has 2 fully saturated rings. The zero-order valence-electron chi connectivity index (χ0n) is 16.1. The summed E-state index contributed by atoms with van der Waals surface area (Å²) in [4.78, 5) is 12.8. The van der Waals surface area contributed by atoms with Crippen molar-refractivity contribution in [3.8, 4) is 0 Å². The van der Waals surface area contributed by atoms with Gasteiger partial charge in [0.05, 0.1) is 0 Å². The van der Waals surface area contributed by atoms with E-state index in [1.807, 2.05) is 6.92 Å². The molecule has 1 amide bonds. The van der Waals surface area contributed by atoms with E-state index in [9.17, 15) is 9.90 Å². The van der Waals surface area contributed by atoms with Crippen LogP contribution in [0.4, 0.5) is 0 Å². The second-order valence-electron chi connectivity index (χ2n) is 8.08. The molecular weight excluding hydrogens is 330 g/mol. The zero-order valence-corrected chi connectivity index (χ0v) is 16.1. The number of aliphatic hydroxyl groups excluding tert-OH is 1. The molecule has 1 aliphatic heterocycles. The van der Waals surface area contributed by atoms with E-state index in [4.69, 9.17) is 9.47 Å². The molecule has 0 radical (unpaired) electrons. The number of hydrogen-bond donors (Lipinski definition) is 2. The highest BCUT2D eigenvalue weighted by atomic mass is 16.7. The number of carbonyl (C=O) groups excluding carboxylic acids is 1. The Bertz CT molecular complexity index is 480. The number of allylic oxidation sites excluding steroid dienone is 1. The van der Waals surface area contributed by atoms with Gasteiger partial charge in [-0.25, -0.2) is 0 Å². The van der Waals surface area contributed by atoms with Crippen molar-refractivity contribution in [1.29, 1.82) is 0 Å². The Morgan fingerprint density at radius 3 is 2.58 bits per heavy atom. The second-order valence-corrected chi connectivity index (χ2v) is 8.08. The van der Waals surface area contributed by atoms with E-state index in [0.717, 1.165) is 25.7 Å². The van der Waals surface area contributed by atoms with E-state index < -0.39 is 0 Å². The van der Waals surface area contributed by atoms with E-state index in [0.29, 0.717) is 24.2 Å². The summed E-state index contributed by atoms with van der Waals surface area (Å²) in [6.45, 7) is 2.72. The van der Waals surface area contributed by atoms with Gasteiger partial charge in [-0.05, 0) is 63.4 Å². The smallest absolute Gasteiger partial charge is 0.286 e. The minimum absolute atomic E-state index is 0.0785. The summed E-state index contributed by atoms with van der Waals surface area (Å²) in [5.74, 6) is 1.49. The summed E-state index contributed by atoms with van der Waals surface area (Å²) in [5.41, 5.74) is 0. The van der Waals surface area contributed by atoms with Crippen molar-refractivity contribution >= 4 is 5.91 Å². The van der Waals surface area contributed by atoms with E-state index >= 15 is 0 Å². The SMILES string of the molecule is CCO[C@H]1OC(C(=O)NC2CCCC2)=C[C@@H](C2CCCC2)[C@@H]1CCCO. The topological polar surface area (TPSA) is 67.8 Å². The molecule has 148 valence electrons. The molecule has 0 aromatic carbocycles. The molecule has 1 heterocycles. The molecule has 3 rings (SSSR count). The summed E-state index contributed by atoms with van der Waals surface area (Å²) in [5, 5.41) is 12.5. The lowest BCUT2D eigenvalue weighted by atomic mass is 9.76. The second kappa shape index (κ2) is 9.75. The van der Waals surface area contributed by atoms with E-state index in [-0.39, 0.29) is 30.8 Å². The van der Waals surface area contributed by atoms with Crippen molar-refractivity contribution in [2.75, 3.05) is 13.2 Å². The first-order valence-electron chi connectivity index (χ1n) is 10.6. The standard InChI is InChI=1S/C21H35NO4/c1-2-25-21-17(12-7-13-23)18(15-8-3-4-9-15)14-19(26-21)20(24)22-16-10-5-6-11-16/h14-18,21,23H,2-13H2,1H3,(H,22,24)/t17-,18-,21-/m0/s1. The van der Waals surface area contributed by atoms with Crippen LogP contribution in [0.25, 0.3) is 0 Å². The number of rotatable bonds is 8. The molecule has 0 unspecified atom stereocenters. The molecule has 0 aromatic heterocycles. The Morgan fingerprint density at radius 1 is 1.23 bits per heavy atom. The maximum atomic E-state index is 12.8. The summed E-state index contributed by atoms with van der Waals surface area (Å²) >= 11 is 0. The molecule has 0 saturated heterocycles. The highest BCUT2D eigenvalue weighted by Gasteiger charge is 2.41. The van der Waals surface area contributed by atoms with Crippen molar-refractivity contribution in [3.05, 3.63) is 11.8 Å². The van der Waals surface area contributed by atoms with Gasteiger partial charge in [-0.1, -0.05) is 25.7 Å². The Kier molecular flexibility index (Phi) is 7.38. The van der Waals surface area contributed by atoms with Gasteiger partial charge in [-0.2, -0.15) is 0 Å². The average molecular weight is 366 g/mol. The van der Waals surface area contributed by atoms with Crippen LogP contribution in [0.15, 0.2) is 11.8 Å². The number of hydrogen-bond acceptors (Lipinski definition) is 4. The first kappa shape index (κ1) is 19.7. The predicted molar refractivity (Wildman–Crippen MR) is 100 cm³/mol. The Morgan fingerprint density at radius 2 is 1.92 bits per heavy atom. The monoisotopic (exact) mass is 365 g/mol. The molecule has 26 heavy (non-hydrogen) atoms. The third-order valence-corrected chi connectivity index (χ3v) is 6.32. The first-order valence-corrected chi connectivity index (χ1v) is 10.6. The molecular formula is C21H35NO4. The van der Waals surface area contributed by atoms with Crippen molar-refractivity contribution in [2.24, 2.45) is 17.8 Å². The van der Waals surface area contributed by atoms with Crippen molar-refractivity contribution in [1.82, 2.24) is 5.32 Å². The fourth-order valence-corrected chi connectivity index (χ4v) is 4.99. The normalized spacial score (nSPS) is 30.2. The number of carbonyl (C=O) groups is 1. The summed E-state index contributed by atoms with van der Waals surface area (Å²) in [7, 11) is 0. The summed E-state index contributed by atoms with van der Waals surface area (Å²) in [6.07, 6.45) is 12.8. The van der Waals surface area contributed by atoms with Crippen molar-refractivity contribution < 1.29 is 19.4 Å². The van der Waals surface area contributed by atoms with Crippen LogP contribution in [0.3, 0.4) is 0 Å². The van der Waals surface area contributed by atoms with Gasteiger partial charge < -0.3 is 19.9 Å². The minimum Gasteiger partial charge on any atom is -0.459 e. The van der Waals surface area contributed by atoms with Crippen LogP contribution < -0.4 is 5.32 Å².